The van der Waals surface area contributed by atoms with E-state index in [0.717, 1.165) is 11.4 Å². The van der Waals surface area contributed by atoms with Crippen LogP contribution in [0.5, 0.6) is 17.2 Å². The van der Waals surface area contributed by atoms with Gasteiger partial charge in [0.05, 0.1) is 25.5 Å². The van der Waals surface area contributed by atoms with E-state index in [1.807, 2.05) is 24.3 Å². The largest absolute Gasteiger partial charge is 0.495 e. The number of halogens is 2. The number of amides is 1. The molecule has 6 nitrogen and oxygen atoms in total. The quantitative estimate of drug-likeness (QED) is 0.755. The van der Waals surface area contributed by atoms with E-state index in [0.29, 0.717) is 26.2 Å². The Labute approximate surface area is 162 Å². The van der Waals surface area contributed by atoms with Crippen LogP contribution in [-0.2, 0) is 0 Å². The molecule has 0 aliphatic carbocycles. The smallest absolute Gasteiger partial charge is 0.387 e. The molecule has 1 aliphatic rings. The number of piperazine rings is 1. The normalized spacial score (nSPS) is 14.2. The number of ether oxygens (including phenoxy) is 3. The van der Waals surface area contributed by atoms with Crippen LogP contribution in [0.1, 0.15) is 10.4 Å². The van der Waals surface area contributed by atoms with Gasteiger partial charge in [0.15, 0.2) is 11.5 Å². The first-order valence-electron chi connectivity index (χ1n) is 8.84. The molecule has 0 atom stereocenters. The molecule has 3 rings (SSSR count). The molecular weight excluding hydrogens is 370 g/mol. The average molecular weight is 392 g/mol. The number of para-hydroxylation sites is 3. The van der Waals surface area contributed by atoms with Gasteiger partial charge >= 0.3 is 6.61 Å². The number of carbonyl (C=O) groups is 1. The molecule has 1 amide bonds. The zero-order chi connectivity index (χ0) is 20.1. The van der Waals surface area contributed by atoms with Crippen LogP contribution in [0.25, 0.3) is 0 Å². The molecule has 0 saturated carbocycles. The van der Waals surface area contributed by atoms with E-state index in [4.69, 9.17) is 9.47 Å². The Morgan fingerprint density at radius 3 is 2.21 bits per heavy atom. The minimum atomic E-state index is -3.05. The van der Waals surface area contributed by atoms with Crippen LogP contribution < -0.4 is 19.1 Å². The Bertz CT molecular complexity index is 824. The molecule has 1 heterocycles. The lowest BCUT2D eigenvalue weighted by molar-refractivity contribution is -0.0516. The van der Waals surface area contributed by atoms with Gasteiger partial charge in [-0.3, -0.25) is 4.79 Å². The van der Waals surface area contributed by atoms with Crippen molar-refractivity contribution in [2.45, 2.75) is 6.61 Å². The van der Waals surface area contributed by atoms with Gasteiger partial charge in [-0.2, -0.15) is 8.78 Å². The molecule has 0 unspecified atom stereocenters. The van der Waals surface area contributed by atoms with Crippen molar-refractivity contribution in [2.75, 3.05) is 45.3 Å². The average Bonchev–Trinajstić information content (AvgIpc) is 2.73. The molecule has 1 saturated heterocycles. The molecule has 1 fully saturated rings. The van der Waals surface area contributed by atoms with Crippen molar-refractivity contribution in [1.29, 1.82) is 0 Å². The third-order valence-electron chi connectivity index (χ3n) is 4.63. The van der Waals surface area contributed by atoms with Crippen LogP contribution in [0.3, 0.4) is 0 Å². The Balaban J connectivity index is 1.75. The van der Waals surface area contributed by atoms with Crippen molar-refractivity contribution in [3.8, 4) is 17.2 Å². The topological polar surface area (TPSA) is 51.2 Å². The van der Waals surface area contributed by atoms with Gasteiger partial charge in [0, 0.05) is 26.2 Å². The second-order valence-corrected chi connectivity index (χ2v) is 6.17. The second-order valence-electron chi connectivity index (χ2n) is 6.17. The fraction of sp³-hybridized carbons (Fsp3) is 0.350. The van der Waals surface area contributed by atoms with E-state index in [1.165, 1.54) is 19.2 Å². The first-order chi connectivity index (χ1) is 13.5. The highest BCUT2D eigenvalue weighted by atomic mass is 19.3. The van der Waals surface area contributed by atoms with Gasteiger partial charge in [0.2, 0.25) is 0 Å². The van der Waals surface area contributed by atoms with Gasteiger partial charge < -0.3 is 24.0 Å². The van der Waals surface area contributed by atoms with Crippen LogP contribution in [0.4, 0.5) is 14.5 Å². The lowest BCUT2D eigenvalue weighted by atomic mass is 10.1. The molecule has 0 aromatic heterocycles. The molecule has 0 spiro atoms. The molecule has 2 aromatic carbocycles. The summed E-state index contributed by atoms with van der Waals surface area (Å²) >= 11 is 0. The SMILES string of the molecule is COc1ccccc1N1CCN(C(=O)c2cccc(OC)c2OC(F)F)CC1. The van der Waals surface area contributed by atoms with E-state index in [-0.39, 0.29) is 23.0 Å². The van der Waals surface area contributed by atoms with Crippen molar-refractivity contribution < 1.29 is 27.8 Å². The summed E-state index contributed by atoms with van der Waals surface area (Å²) in [6.45, 7) is -0.961. The highest BCUT2D eigenvalue weighted by Gasteiger charge is 2.27. The van der Waals surface area contributed by atoms with Crippen molar-refractivity contribution in [3.05, 3.63) is 48.0 Å². The number of methoxy groups -OCH3 is 2. The first kappa shape index (κ1) is 19.7. The van der Waals surface area contributed by atoms with Crippen LogP contribution in [0.15, 0.2) is 42.5 Å². The number of hydrogen-bond acceptors (Lipinski definition) is 5. The molecule has 1 aliphatic heterocycles. The third kappa shape index (κ3) is 4.11. The minimum absolute atomic E-state index is 0.0605. The molecule has 8 heteroatoms. The Hall–Kier alpha value is -3.03. The van der Waals surface area contributed by atoms with E-state index in [9.17, 15) is 13.6 Å². The monoisotopic (exact) mass is 392 g/mol. The summed E-state index contributed by atoms with van der Waals surface area (Å²) in [5, 5.41) is 0. The van der Waals surface area contributed by atoms with Gasteiger partial charge in [-0.25, -0.2) is 0 Å². The van der Waals surface area contributed by atoms with Crippen molar-refractivity contribution in [2.24, 2.45) is 0 Å². The number of nitrogens with zero attached hydrogens (tertiary/aromatic N) is 2. The van der Waals surface area contributed by atoms with Gasteiger partial charge in [-0.15, -0.1) is 0 Å². The predicted molar refractivity (Wildman–Crippen MR) is 101 cm³/mol. The summed E-state index contributed by atoms with van der Waals surface area (Å²) in [4.78, 5) is 16.7. The van der Waals surface area contributed by atoms with Crippen molar-refractivity contribution >= 4 is 11.6 Å². The molecule has 150 valence electrons. The lowest BCUT2D eigenvalue weighted by Gasteiger charge is -2.36. The van der Waals surface area contributed by atoms with Crippen LogP contribution in [-0.4, -0.2) is 57.8 Å². The van der Waals surface area contributed by atoms with Crippen molar-refractivity contribution in [3.63, 3.8) is 0 Å². The van der Waals surface area contributed by atoms with E-state index < -0.39 is 6.61 Å². The fourth-order valence-electron chi connectivity index (χ4n) is 3.27. The Kier molecular flexibility index (Phi) is 6.18. The number of carbonyl (C=O) groups excluding carboxylic acids is 1. The summed E-state index contributed by atoms with van der Waals surface area (Å²) in [5.41, 5.74) is 1.02. The maximum atomic E-state index is 12.9. The summed E-state index contributed by atoms with van der Waals surface area (Å²) in [6, 6.07) is 12.2. The van der Waals surface area contributed by atoms with Gasteiger partial charge in [-0.05, 0) is 24.3 Å². The third-order valence-corrected chi connectivity index (χ3v) is 4.63. The lowest BCUT2D eigenvalue weighted by Crippen LogP contribution is -2.49. The highest BCUT2D eigenvalue weighted by Crippen LogP contribution is 2.34. The predicted octanol–water partition coefficient (Wildman–Crippen LogP) is 3.27. The van der Waals surface area contributed by atoms with E-state index >= 15 is 0 Å². The number of rotatable bonds is 6. The molecular formula is C20H22F2N2O4. The van der Waals surface area contributed by atoms with Crippen LogP contribution >= 0.6 is 0 Å². The number of benzene rings is 2. The molecule has 2 aromatic rings. The second kappa shape index (κ2) is 8.77. The number of anilines is 1. The number of alkyl halides is 2. The van der Waals surface area contributed by atoms with Gasteiger partial charge in [-0.1, -0.05) is 18.2 Å². The van der Waals surface area contributed by atoms with Crippen LogP contribution in [0, 0.1) is 0 Å². The fourth-order valence-corrected chi connectivity index (χ4v) is 3.27. The molecule has 0 bridgehead atoms. The Morgan fingerprint density at radius 1 is 0.929 bits per heavy atom. The van der Waals surface area contributed by atoms with E-state index in [2.05, 4.69) is 9.64 Å². The standard InChI is InChI=1S/C20H22F2N2O4/c1-26-16-8-4-3-7-15(16)23-10-12-24(13-11-23)19(25)14-6-5-9-17(27-2)18(14)28-20(21)22/h3-9,20H,10-13H2,1-2H3. The zero-order valence-electron chi connectivity index (χ0n) is 15.7. The Morgan fingerprint density at radius 2 is 1.57 bits per heavy atom. The first-order valence-corrected chi connectivity index (χ1v) is 8.84. The molecule has 0 radical (unpaired) electrons. The summed E-state index contributed by atoms with van der Waals surface area (Å²) in [6.07, 6.45) is 0. The zero-order valence-corrected chi connectivity index (χ0v) is 15.7. The molecule has 0 N–H and O–H groups in total. The minimum Gasteiger partial charge on any atom is -0.495 e. The van der Waals surface area contributed by atoms with Gasteiger partial charge in [0.1, 0.15) is 5.75 Å². The summed E-state index contributed by atoms with van der Waals surface area (Å²) in [5.74, 6) is 0.257. The highest BCUT2D eigenvalue weighted by molar-refractivity contribution is 5.98. The van der Waals surface area contributed by atoms with E-state index in [1.54, 1.807) is 18.1 Å². The van der Waals surface area contributed by atoms with Crippen molar-refractivity contribution in [1.82, 2.24) is 4.90 Å². The van der Waals surface area contributed by atoms with Crippen LogP contribution in [0.2, 0.25) is 0 Å². The maximum absolute atomic E-state index is 12.9. The molecule has 28 heavy (non-hydrogen) atoms. The maximum Gasteiger partial charge on any atom is 0.387 e. The van der Waals surface area contributed by atoms with Gasteiger partial charge in [0.25, 0.3) is 5.91 Å². The summed E-state index contributed by atoms with van der Waals surface area (Å²) < 4.78 is 40.7. The number of hydrogen-bond donors (Lipinski definition) is 0. The summed E-state index contributed by atoms with van der Waals surface area (Å²) in [7, 11) is 2.96.